The summed E-state index contributed by atoms with van der Waals surface area (Å²) in [6.45, 7) is 0.285. The molecule has 0 saturated heterocycles. The number of nitrogens with zero attached hydrogens (tertiary/aromatic N) is 1. The fourth-order valence-corrected chi connectivity index (χ4v) is 2.63. The van der Waals surface area contributed by atoms with E-state index in [-0.39, 0.29) is 6.54 Å². The monoisotopic (exact) mass is 313 g/mol. The number of para-hydroxylation sites is 1. The largest absolute Gasteiger partial charge is 0.479 e. The Morgan fingerprint density at radius 1 is 1.04 bits per heavy atom. The molecule has 2 atom stereocenters. The van der Waals surface area contributed by atoms with Crippen LogP contribution in [0.4, 0.5) is 4.39 Å². The van der Waals surface area contributed by atoms with Crippen molar-refractivity contribution in [2.45, 2.75) is 12.3 Å². The average molecular weight is 313 g/mol. The van der Waals surface area contributed by atoms with Crippen LogP contribution < -0.4 is 4.74 Å². The number of halogens is 1. The number of benzene rings is 2. The molecule has 120 valence electrons. The predicted octanol–water partition coefficient (Wildman–Crippen LogP) is 4.45. The van der Waals surface area contributed by atoms with E-state index in [1.54, 1.807) is 6.26 Å². The minimum absolute atomic E-state index is 0.285. The maximum Gasteiger partial charge on any atom is 0.175 e. The minimum Gasteiger partial charge on any atom is -0.479 e. The minimum atomic E-state index is -1.15. The van der Waals surface area contributed by atoms with Crippen LogP contribution in [0.5, 0.6) is 5.75 Å². The molecule has 2 aromatic carbocycles. The molecule has 3 rings (SSSR count). The first-order valence-electron chi connectivity index (χ1n) is 7.62. The third kappa shape index (κ3) is 3.54. The van der Waals surface area contributed by atoms with E-state index < -0.39 is 12.3 Å². The van der Waals surface area contributed by atoms with E-state index in [1.165, 1.54) is 0 Å². The van der Waals surface area contributed by atoms with E-state index in [9.17, 15) is 4.39 Å². The Bertz CT molecular complexity index is 754. The summed E-state index contributed by atoms with van der Waals surface area (Å²) in [7, 11) is 3.70. The lowest BCUT2D eigenvalue weighted by atomic mass is 10.0. The number of hydrogen-bond donors (Lipinski definition) is 0. The number of fused-ring (bicyclic) bond motifs is 1. The van der Waals surface area contributed by atoms with E-state index in [0.29, 0.717) is 11.3 Å². The van der Waals surface area contributed by atoms with Gasteiger partial charge in [0.25, 0.3) is 0 Å². The van der Waals surface area contributed by atoms with Gasteiger partial charge in [-0.05, 0) is 31.8 Å². The van der Waals surface area contributed by atoms with Gasteiger partial charge in [-0.1, -0.05) is 42.5 Å². The van der Waals surface area contributed by atoms with Gasteiger partial charge in [0.1, 0.15) is 0 Å². The van der Waals surface area contributed by atoms with Gasteiger partial charge in [-0.25, -0.2) is 4.39 Å². The Kier molecular flexibility index (Phi) is 4.63. The van der Waals surface area contributed by atoms with Crippen molar-refractivity contribution in [1.29, 1.82) is 0 Å². The van der Waals surface area contributed by atoms with Crippen molar-refractivity contribution in [3.8, 4) is 5.75 Å². The number of ether oxygens (including phenoxy) is 1. The molecular formula is C19H20FNO2. The highest BCUT2D eigenvalue weighted by molar-refractivity contribution is 5.82. The molecule has 3 nitrogen and oxygen atoms in total. The summed E-state index contributed by atoms with van der Waals surface area (Å²) in [5.74, 6) is 0.558. The molecule has 0 saturated carbocycles. The second kappa shape index (κ2) is 6.84. The highest BCUT2D eigenvalue weighted by atomic mass is 19.1. The van der Waals surface area contributed by atoms with Crippen molar-refractivity contribution >= 4 is 11.0 Å². The topological polar surface area (TPSA) is 25.6 Å². The van der Waals surface area contributed by atoms with Crippen LogP contribution in [0.25, 0.3) is 11.0 Å². The van der Waals surface area contributed by atoms with Crippen molar-refractivity contribution < 1.29 is 13.5 Å². The highest BCUT2D eigenvalue weighted by Gasteiger charge is 2.26. The van der Waals surface area contributed by atoms with Gasteiger partial charge in [0.15, 0.2) is 23.6 Å². The Hall–Kier alpha value is -2.33. The summed E-state index contributed by atoms with van der Waals surface area (Å²) in [5.41, 5.74) is 1.45. The lowest BCUT2D eigenvalue weighted by Gasteiger charge is -2.25. The smallest absolute Gasteiger partial charge is 0.175 e. The van der Waals surface area contributed by atoms with Crippen LogP contribution in [0.15, 0.2) is 65.3 Å². The molecule has 0 amide bonds. The Morgan fingerprint density at radius 3 is 2.57 bits per heavy atom. The zero-order chi connectivity index (χ0) is 16.2. The van der Waals surface area contributed by atoms with E-state index in [0.717, 1.165) is 10.9 Å². The van der Waals surface area contributed by atoms with Crippen LogP contribution in [0.1, 0.15) is 11.7 Å². The summed E-state index contributed by atoms with van der Waals surface area (Å²) in [6, 6.07) is 17.0. The molecule has 0 aliphatic heterocycles. The molecule has 1 heterocycles. The SMILES string of the molecule is CN(C)C[C@H](F)[C@@H](Oc1cccc2ccoc12)c1ccccc1. The Balaban J connectivity index is 1.94. The third-order valence-corrected chi connectivity index (χ3v) is 3.69. The van der Waals surface area contributed by atoms with Crippen molar-refractivity contribution in [2.24, 2.45) is 0 Å². The van der Waals surface area contributed by atoms with Gasteiger partial charge in [-0.15, -0.1) is 0 Å². The fraction of sp³-hybridized carbons (Fsp3) is 0.263. The Labute approximate surface area is 135 Å². The summed E-state index contributed by atoms with van der Waals surface area (Å²) in [4.78, 5) is 1.82. The van der Waals surface area contributed by atoms with Crippen LogP contribution in [0.2, 0.25) is 0 Å². The predicted molar refractivity (Wildman–Crippen MR) is 89.5 cm³/mol. The second-order valence-corrected chi connectivity index (χ2v) is 5.82. The first kappa shape index (κ1) is 15.6. The van der Waals surface area contributed by atoms with Crippen molar-refractivity contribution in [1.82, 2.24) is 4.90 Å². The first-order chi connectivity index (χ1) is 11.1. The van der Waals surface area contributed by atoms with E-state index in [4.69, 9.17) is 9.15 Å². The van der Waals surface area contributed by atoms with Gasteiger partial charge in [0.05, 0.1) is 6.26 Å². The lowest BCUT2D eigenvalue weighted by molar-refractivity contribution is 0.0810. The molecular weight excluding hydrogens is 293 g/mol. The molecule has 0 fully saturated rings. The quantitative estimate of drug-likeness (QED) is 0.672. The van der Waals surface area contributed by atoms with Crippen LogP contribution in [-0.2, 0) is 0 Å². The van der Waals surface area contributed by atoms with Crippen LogP contribution >= 0.6 is 0 Å². The molecule has 0 spiro atoms. The molecule has 0 unspecified atom stereocenters. The van der Waals surface area contributed by atoms with Gasteiger partial charge < -0.3 is 14.1 Å². The first-order valence-corrected chi connectivity index (χ1v) is 7.62. The summed E-state index contributed by atoms with van der Waals surface area (Å²) in [5, 5.41) is 0.942. The van der Waals surface area contributed by atoms with Crippen molar-refractivity contribution in [3.05, 3.63) is 66.4 Å². The number of alkyl halides is 1. The maximum absolute atomic E-state index is 14.8. The molecule has 0 aliphatic carbocycles. The van der Waals surface area contributed by atoms with E-state index in [2.05, 4.69) is 0 Å². The van der Waals surface area contributed by atoms with Crippen LogP contribution in [-0.4, -0.2) is 31.7 Å². The molecule has 0 N–H and O–H groups in total. The molecule has 0 radical (unpaired) electrons. The standard InChI is InChI=1S/C19H20FNO2/c1-21(2)13-16(20)18(14-7-4-3-5-8-14)23-17-10-6-9-15-11-12-22-19(15)17/h3-12,16,18H,13H2,1-2H3/t16-,18-/m0/s1. The molecule has 0 aliphatic rings. The van der Waals surface area contributed by atoms with Crippen molar-refractivity contribution in [3.63, 3.8) is 0 Å². The van der Waals surface area contributed by atoms with Gasteiger partial charge >= 0.3 is 0 Å². The number of furan rings is 1. The average Bonchev–Trinajstić information content (AvgIpc) is 3.02. The lowest BCUT2D eigenvalue weighted by Crippen LogP contribution is -2.30. The maximum atomic E-state index is 14.8. The van der Waals surface area contributed by atoms with Gasteiger partial charge in [-0.2, -0.15) is 0 Å². The summed E-state index contributed by atoms with van der Waals surface area (Å²) in [6.07, 6.45) is -0.228. The fourth-order valence-electron chi connectivity index (χ4n) is 2.63. The highest BCUT2D eigenvalue weighted by Crippen LogP contribution is 2.32. The molecule has 4 heteroatoms. The second-order valence-electron chi connectivity index (χ2n) is 5.82. The molecule has 3 aromatic rings. The van der Waals surface area contributed by atoms with E-state index >= 15 is 0 Å². The van der Waals surface area contributed by atoms with E-state index in [1.807, 2.05) is 73.6 Å². The van der Waals surface area contributed by atoms with Gasteiger partial charge in [-0.3, -0.25) is 0 Å². The molecule has 1 aromatic heterocycles. The van der Waals surface area contributed by atoms with Gasteiger partial charge in [0, 0.05) is 11.9 Å². The number of hydrogen-bond acceptors (Lipinski definition) is 3. The zero-order valence-corrected chi connectivity index (χ0v) is 13.3. The molecule has 0 bridgehead atoms. The van der Waals surface area contributed by atoms with Crippen LogP contribution in [0.3, 0.4) is 0 Å². The van der Waals surface area contributed by atoms with Gasteiger partial charge in [0.2, 0.25) is 0 Å². The molecule has 23 heavy (non-hydrogen) atoms. The third-order valence-electron chi connectivity index (χ3n) is 3.69. The summed E-state index contributed by atoms with van der Waals surface area (Å²) >= 11 is 0. The Morgan fingerprint density at radius 2 is 1.83 bits per heavy atom. The normalized spacial score (nSPS) is 14.1. The van der Waals surface area contributed by atoms with Crippen LogP contribution in [0, 0.1) is 0 Å². The van der Waals surface area contributed by atoms with Crippen molar-refractivity contribution in [2.75, 3.05) is 20.6 Å². The zero-order valence-electron chi connectivity index (χ0n) is 13.3. The summed E-state index contributed by atoms with van der Waals surface area (Å²) < 4.78 is 26.3. The number of rotatable bonds is 6.